The molecule has 4 nitrogen and oxygen atoms in total. The third-order valence-electron chi connectivity index (χ3n) is 4.48. The standard InChI is InChI=1S/C18H25NO3/c1-3-4-17(11-19-18(21)22-2)16-8-7-14-9-13(12-20)5-6-15(14)10-16/h7-8,10,12-13,17H,3-6,9,11H2,1-2H3,(H,19,21). The maximum atomic E-state index is 11.3. The van der Waals surface area contributed by atoms with Gasteiger partial charge in [0.2, 0.25) is 0 Å². The topological polar surface area (TPSA) is 55.4 Å². The van der Waals surface area contributed by atoms with Crippen molar-refractivity contribution in [2.24, 2.45) is 5.92 Å². The average molecular weight is 303 g/mol. The van der Waals surface area contributed by atoms with Crippen LogP contribution >= 0.6 is 0 Å². The van der Waals surface area contributed by atoms with Gasteiger partial charge in [0, 0.05) is 18.4 Å². The fourth-order valence-corrected chi connectivity index (χ4v) is 3.19. The van der Waals surface area contributed by atoms with E-state index in [1.54, 1.807) is 0 Å². The number of fused-ring (bicyclic) bond motifs is 1. The van der Waals surface area contributed by atoms with E-state index in [0.29, 0.717) is 12.5 Å². The lowest BCUT2D eigenvalue weighted by Crippen LogP contribution is -2.28. The van der Waals surface area contributed by atoms with E-state index in [9.17, 15) is 9.59 Å². The first-order valence-electron chi connectivity index (χ1n) is 8.06. The summed E-state index contributed by atoms with van der Waals surface area (Å²) in [5.74, 6) is 0.476. The van der Waals surface area contributed by atoms with Gasteiger partial charge in [-0.2, -0.15) is 0 Å². The fourth-order valence-electron chi connectivity index (χ4n) is 3.19. The minimum Gasteiger partial charge on any atom is -0.453 e. The fraction of sp³-hybridized carbons (Fsp3) is 0.556. The Morgan fingerprint density at radius 1 is 1.45 bits per heavy atom. The van der Waals surface area contributed by atoms with Gasteiger partial charge >= 0.3 is 6.09 Å². The number of hydrogen-bond donors (Lipinski definition) is 1. The summed E-state index contributed by atoms with van der Waals surface area (Å²) in [5, 5.41) is 2.80. The number of carbonyl (C=O) groups is 2. The zero-order valence-electron chi connectivity index (χ0n) is 13.4. The van der Waals surface area contributed by atoms with Gasteiger partial charge in [-0.15, -0.1) is 0 Å². The van der Waals surface area contributed by atoms with E-state index < -0.39 is 0 Å². The molecule has 1 aromatic carbocycles. The van der Waals surface area contributed by atoms with E-state index in [0.717, 1.165) is 38.4 Å². The molecule has 0 aromatic heterocycles. The van der Waals surface area contributed by atoms with Gasteiger partial charge in [-0.05, 0) is 42.4 Å². The molecule has 0 fully saturated rings. The van der Waals surface area contributed by atoms with Crippen LogP contribution in [0, 0.1) is 5.92 Å². The van der Waals surface area contributed by atoms with Crippen molar-refractivity contribution in [2.75, 3.05) is 13.7 Å². The highest BCUT2D eigenvalue weighted by Crippen LogP contribution is 2.29. The SMILES string of the molecule is CCCC(CNC(=O)OC)c1ccc2c(c1)CCC(C=O)C2. The summed E-state index contributed by atoms with van der Waals surface area (Å²) in [4.78, 5) is 22.2. The summed E-state index contributed by atoms with van der Waals surface area (Å²) >= 11 is 0. The first-order chi connectivity index (χ1) is 10.7. The van der Waals surface area contributed by atoms with Crippen LogP contribution < -0.4 is 5.32 Å². The maximum absolute atomic E-state index is 11.3. The number of ether oxygens (including phenoxy) is 1. The van der Waals surface area contributed by atoms with Crippen LogP contribution in [-0.2, 0) is 22.4 Å². The zero-order valence-corrected chi connectivity index (χ0v) is 13.4. The van der Waals surface area contributed by atoms with E-state index in [-0.39, 0.29) is 12.0 Å². The number of hydrogen-bond acceptors (Lipinski definition) is 3. The molecule has 2 rings (SSSR count). The van der Waals surface area contributed by atoms with Crippen LogP contribution in [0.1, 0.15) is 48.8 Å². The van der Waals surface area contributed by atoms with Crippen molar-refractivity contribution in [1.82, 2.24) is 5.32 Å². The second kappa shape index (κ2) is 7.97. The Bertz CT molecular complexity index is 527. The zero-order chi connectivity index (χ0) is 15.9. The molecule has 0 aliphatic heterocycles. The molecule has 0 heterocycles. The Kier molecular flexibility index (Phi) is 5.99. The number of aldehydes is 1. The van der Waals surface area contributed by atoms with Gasteiger partial charge in [0.05, 0.1) is 7.11 Å². The molecule has 1 aromatic rings. The summed E-state index contributed by atoms with van der Waals surface area (Å²) in [6.07, 6.45) is 5.56. The molecular formula is C18H25NO3. The quantitative estimate of drug-likeness (QED) is 0.821. The van der Waals surface area contributed by atoms with Gasteiger partial charge in [-0.3, -0.25) is 0 Å². The number of methoxy groups -OCH3 is 1. The molecule has 1 amide bonds. The predicted octanol–water partition coefficient (Wildman–Crippen LogP) is 3.23. The van der Waals surface area contributed by atoms with Crippen LogP contribution in [0.3, 0.4) is 0 Å². The minimum atomic E-state index is -0.382. The summed E-state index contributed by atoms with van der Waals surface area (Å²) in [6.45, 7) is 2.74. The Morgan fingerprint density at radius 2 is 2.27 bits per heavy atom. The van der Waals surface area contributed by atoms with E-state index in [1.807, 2.05) is 0 Å². The van der Waals surface area contributed by atoms with Crippen LogP contribution in [-0.4, -0.2) is 26.0 Å². The van der Waals surface area contributed by atoms with Crippen molar-refractivity contribution in [3.05, 3.63) is 34.9 Å². The molecule has 0 spiro atoms. The summed E-state index contributed by atoms with van der Waals surface area (Å²) in [6, 6.07) is 6.56. The summed E-state index contributed by atoms with van der Waals surface area (Å²) in [5.41, 5.74) is 3.92. The number of alkyl carbamates (subject to hydrolysis) is 1. The second-order valence-corrected chi connectivity index (χ2v) is 6.03. The molecule has 0 saturated heterocycles. The monoisotopic (exact) mass is 303 g/mol. The first-order valence-corrected chi connectivity index (χ1v) is 8.06. The van der Waals surface area contributed by atoms with E-state index in [2.05, 4.69) is 35.2 Å². The number of rotatable bonds is 6. The molecule has 1 aliphatic carbocycles. The van der Waals surface area contributed by atoms with Gasteiger partial charge in [-0.1, -0.05) is 31.5 Å². The van der Waals surface area contributed by atoms with Crippen LogP contribution in [0.15, 0.2) is 18.2 Å². The van der Waals surface area contributed by atoms with Crippen molar-refractivity contribution in [1.29, 1.82) is 0 Å². The number of amides is 1. The lowest BCUT2D eigenvalue weighted by molar-refractivity contribution is -0.111. The smallest absolute Gasteiger partial charge is 0.406 e. The van der Waals surface area contributed by atoms with E-state index in [4.69, 9.17) is 0 Å². The van der Waals surface area contributed by atoms with Crippen molar-refractivity contribution in [3.63, 3.8) is 0 Å². The average Bonchev–Trinajstić information content (AvgIpc) is 2.57. The highest BCUT2D eigenvalue weighted by molar-refractivity contribution is 5.67. The molecule has 0 radical (unpaired) electrons. The lowest BCUT2D eigenvalue weighted by atomic mass is 9.82. The molecule has 1 N–H and O–H groups in total. The Hall–Kier alpha value is -1.84. The molecule has 2 atom stereocenters. The Morgan fingerprint density at radius 3 is 2.95 bits per heavy atom. The van der Waals surface area contributed by atoms with Gasteiger partial charge < -0.3 is 14.8 Å². The van der Waals surface area contributed by atoms with Crippen molar-refractivity contribution < 1.29 is 14.3 Å². The Labute approximate surface area is 132 Å². The molecule has 1 aliphatic rings. The Balaban J connectivity index is 2.11. The molecule has 120 valence electrons. The highest BCUT2D eigenvalue weighted by Gasteiger charge is 2.20. The molecule has 0 bridgehead atoms. The third kappa shape index (κ3) is 4.09. The highest BCUT2D eigenvalue weighted by atomic mass is 16.5. The van der Waals surface area contributed by atoms with Gasteiger partial charge in [0.15, 0.2) is 0 Å². The van der Waals surface area contributed by atoms with Gasteiger partial charge in [0.25, 0.3) is 0 Å². The van der Waals surface area contributed by atoms with E-state index >= 15 is 0 Å². The van der Waals surface area contributed by atoms with Crippen LogP contribution in [0.2, 0.25) is 0 Å². The maximum Gasteiger partial charge on any atom is 0.406 e. The van der Waals surface area contributed by atoms with Gasteiger partial charge in [0.1, 0.15) is 6.29 Å². The number of nitrogens with one attached hydrogen (secondary N) is 1. The number of carbonyl (C=O) groups excluding carboxylic acids is 2. The second-order valence-electron chi connectivity index (χ2n) is 6.03. The number of benzene rings is 1. The van der Waals surface area contributed by atoms with Crippen molar-refractivity contribution in [2.45, 2.75) is 44.9 Å². The molecule has 0 saturated carbocycles. The largest absolute Gasteiger partial charge is 0.453 e. The molecule has 22 heavy (non-hydrogen) atoms. The summed E-state index contributed by atoms with van der Waals surface area (Å²) < 4.78 is 4.65. The minimum absolute atomic E-state index is 0.172. The predicted molar refractivity (Wildman–Crippen MR) is 86.1 cm³/mol. The van der Waals surface area contributed by atoms with Crippen LogP contribution in [0.25, 0.3) is 0 Å². The van der Waals surface area contributed by atoms with Gasteiger partial charge in [-0.25, -0.2) is 4.79 Å². The molecule has 2 unspecified atom stereocenters. The van der Waals surface area contributed by atoms with Crippen molar-refractivity contribution in [3.8, 4) is 0 Å². The third-order valence-corrected chi connectivity index (χ3v) is 4.48. The lowest BCUT2D eigenvalue weighted by Gasteiger charge is -2.24. The number of aryl methyl sites for hydroxylation is 1. The normalized spacial score (nSPS) is 18.2. The first kappa shape index (κ1) is 16.5. The molecule has 4 heteroatoms. The summed E-state index contributed by atoms with van der Waals surface area (Å²) in [7, 11) is 1.38. The van der Waals surface area contributed by atoms with Crippen LogP contribution in [0.4, 0.5) is 4.79 Å². The van der Waals surface area contributed by atoms with Crippen LogP contribution in [0.5, 0.6) is 0 Å². The van der Waals surface area contributed by atoms with E-state index in [1.165, 1.54) is 23.8 Å². The van der Waals surface area contributed by atoms with Crippen molar-refractivity contribution >= 4 is 12.4 Å². The molecular weight excluding hydrogens is 278 g/mol.